The van der Waals surface area contributed by atoms with Crippen molar-refractivity contribution in [2.45, 2.75) is 6.61 Å². The quantitative estimate of drug-likeness (QED) is 0.547. The van der Waals surface area contributed by atoms with Crippen LogP contribution < -0.4 is 0 Å². The molecule has 0 aromatic heterocycles. The van der Waals surface area contributed by atoms with Crippen LogP contribution in [0.2, 0.25) is 0 Å². The molecule has 0 aliphatic rings. The number of hydrogen-bond acceptors (Lipinski definition) is 3. The van der Waals surface area contributed by atoms with Gasteiger partial charge in [-0.3, -0.25) is 0 Å². The minimum Gasteiger partial charge on any atom is -0.508 e. The summed E-state index contributed by atoms with van der Waals surface area (Å²) in [6.45, 7) is 0.620. The van der Waals surface area contributed by atoms with Gasteiger partial charge in [0.25, 0.3) is 0 Å². The Balaban J connectivity index is 2.46. The molecule has 3 nitrogen and oxygen atoms in total. The average Bonchev–Trinajstić information content (AvgIpc) is 2.09. The van der Waals surface area contributed by atoms with E-state index < -0.39 is 0 Å². The Morgan fingerprint density at radius 3 is 2.75 bits per heavy atom. The standard InChI is InChI=1S/C9H12O3/c1-11-7-12-6-8-4-2-3-5-9(8)10/h2-5,10H,6-7H2,1H3. The second-order valence-electron chi connectivity index (χ2n) is 2.38. The van der Waals surface area contributed by atoms with Gasteiger partial charge in [-0.2, -0.15) is 0 Å². The number of methoxy groups -OCH3 is 1. The summed E-state index contributed by atoms with van der Waals surface area (Å²) in [6, 6.07) is 7.07. The SMILES string of the molecule is COCOCc1ccccc1O. The van der Waals surface area contributed by atoms with Gasteiger partial charge in [-0.25, -0.2) is 0 Å². The van der Waals surface area contributed by atoms with E-state index in [1.54, 1.807) is 19.2 Å². The summed E-state index contributed by atoms with van der Waals surface area (Å²) in [6.07, 6.45) is 0. The van der Waals surface area contributed by atoms with Gasteiger partial charge in [0.1, 0.15) is 12.5 Å². The first-order chi connectivity index (χ1) is 5.84. The molecule has 0 heterocycles. The van der Waals surface area contributed by atoms with E-state index in [9.17, 15) is 5.11 Å². The van der Waals surface area contributed by atoms with Crippen LogP contribution in [-0.2, 0) is 16.1 Å². The average molecular weight is 168 g/mol. The number of rotatable bonds is 4. The monoisotopic (exact) mass is 168 g/mol. The largest absolute Gasteiger partial charge is 0.508 e. The molecule has 1 N–H and O–H groups in total. The van der Waals surface area contributed by atoms with Crippen LogP contribution in [-0.4, -0.2) is 19.0 Å². The second kappa shape index (κ2) is 4.74. The zero-order valence-electron chi connectivity index (χ0n) is 6.99. The first-order valence-corrected chi connectivity index (χ1v) is 3.68. The number of ether oxygens (including phenoxy) is 2. The van der Waals surface area contributed by atoms with Gasteiger partial charge in [-0.15, -0.1) is 0 Å². The van der Waals surface area contributed by atoms with Crippen LogP contribution in [0, 0.1) is 0 Å². The molecule has 0 saturated heterocycles. The van der Waals surface area contributed by atoms with Crippen LogP contribution >= 0.6 is 0 Å². The van der Waals surface area contributed by atoms with Gasteiger partial charge >= 0.3 is 0 Å². The maximum absolute atomic E-state index is 9.29. The number of phenols is 1. The summed E-state index contributed by atoms with van der Waals surface area (Å²) in [5.41, 5.74) is 0.773. The van der Waals surface area contributed by atoms with Gasteiger partial charge in [0, 0.05) is 12.7 Å². The molecule has 0 aliphatic heterocycles. The summed E-state index contributed by atoms with van der Waals surface area (Å²) >= 11 is 0. The van der Waals surface area contributed by atoms with E-state index in [0.29, 0.717) is 6.61 Å². The molecule has 0 spiro atoms. The van der Waals surface area contributed by atoms with E-state index in [-0.39, 0.29) is 12.5 Å². The second-order valence-corrected chi connectivity index (χ2v) is 2.38. The Hall–Kier alpha value is -1.06. The number of hydrogen-bond donors (Lipinski definition) is 1. The Morgan fingerprint density at radius 2 is 2.08 bits per heavy atom. The van der Waals surface area contributed by atoms with Crippen LogP contribution in [0.1, 0.15) is 5.56 Å². The smallest absolute Gasteiger partial charge is 0.146 e. The molecule has 0 atom stereocenters. The lowest BCUT2D eigenvalue weighted by Gasteiger charge is -2.04. The van der Waals surface area contributed by atoms with E-state index in [2.05, 4.69) is 0 Å². The number of aromatic hydroxyl groups is 1. The Bertz CT molecular complexity index is 235. The third-order valence-corrected chi connectivity index (χ3v) is 1.45. The van der Waals surface area contributed by atoms with Crippen molar-refractivity contribution in [2.24, 2.45) is 0 Å². The van der Waals surface area contributed by atoms with Crippen molar-refractivity contribution in [3.63, 3.8) is 0 Å². The lowest BCUT2D eigenvalue weighted by Crippen LogP contribution is -1.96. The first-order valence-electron chi connectivity index (χ1n) is 3.68. The minimum atomic E-state index is 0.244. The molecule has 1 aromatic carbocycles. The van der Waals surface area contributed by atoms with E-state index in [4.69, 9.17) is 9.47 Å². The van der Waals surface area contributed by atoms with Gasteiger partial charge in [0.2, 0.25) is 0 Å². The van der Waals surface area contributed by atoms with E-state index in [0.717, 1.165) is 5.56 Å². The molecule has 0 aliphatic carbocycles. The van der Waals surface area contributed by atoms with Crippen LogP contribution in [0.4, 0.5) is 0 Å². The molecule has 0 unspecified atom stereocenters. The highest BCUT2D eigenvalue weighted by atomic mass is 16.7. The molecule has 1 rings (SSSR count). The maximum atomic E-state index is 9.29. The van der Waals surface area contributed by atoms with Gasteiger partial charge in [0.05, 0.1) is 6.61 Å². The van der Waals surface area contributed by atoms with Gasteiger partial charge in [-0.1, -0.05) is 18.2 Å². The molecular weight excluding hydrogens is 156 g/mol. The fourth-order valence-corrected chi connectivity index (χ4v) is 0.868. The maximum Gasteiger partial charge on any atom is 0.146 e. The molecule has 3 heteroatoms. The van der Waals surface area contributed by atoms with E-state index in [1.165, 1.54) is 0 Å². The Labute approximate surface area is 71.5 Å². The molecule has 66 valence electrons. The van der Waals surface area contributed by atoms with E-state index in [1.807, 2.05) is 12.1 Å². The molecular formula is C9H12O3. The Kier molecular flexibility index (Phi) is 3.57. The number of benzene rings is 1. The van der Waals surface area contributed by atoms with E-state index >= 15 is 0 Å². The van der Waals surface area contributed by atoms with Crippen molar-refractivity contribution in [3.05, 3.63) is 29.8 Å². The fourth-order valence-electron chi connectivity index (χ4n) is 0.868. The van der Waals surface area contributed by atoms with Crippen LogP contribution in [0.25, 0.3) is 0 Å². The molecule has 0 fully saturated rings. The zero-order chi connectivity index (χ0) is 8.81. The molecule has 0 bridgehead atoms. The van der Waals surface area contributed by atoms with Gasteiger partial charge in [0.15, 0.2) is 0 Å². The van der Waals surface area contributed by atoms with Crippen LogP contribution in [0.3, 0.4) is 0 Å². The molecule has 0 amide bonds. The van der Waals surface area contributed by atoms with Crippen LogP contribution in [0.5, 0.6) is 5.75 Å². The Morgan fingerprint density at radius 1 is 1.33 bits per heavy atom. The number of phenolic OH excluding ortho intramolecular Hbond substituents is 1. The van der Waals surface area contributed by atoms with Gasteiger partial charge < -0.3 is 14.6 Å². The van der Waals surface area contributed by atoms with Crippen molar-refractivity contribution >= 4 is 0 Å². The minimum absolute atomic E-state index is 0.244. The van der Waals surface area contributed by atoms with Gasteiger partial charge in [-0.05, 0) is 6.07 Å². The predicted octanol–water partition coefficient (Wildman–Crippen LogP) is 1.51. The normalized spacial score (nSPS) is 10.1. The summed E-state index contributed by atoms with van der Waals surface area (Å²) in [7, 11) is 1.56. The zero-order valence-corrected chi connectivity index (χ0v) is 6.99. The van der Waals surface area contributed by atoms with Crippen molar-refractivity contribution in [1.29, 1.82) is 0 Å². The van der Waals surface area contributed by atoms with Crippen molar-refractivity contribution < 1.29 is 14.6 Å². The highest BCUT2D eigenvalue weighted by molar-refractivity contribution is 5.30. The summed E-state index contributed by atoms with van der Waals surface area (Å²) in [5.74, 6) is 0.258. The topological polar surface area (TPSA) is 38.7 Å². The predicted molar refractivity (Wildman–Crippen MR) is 44.8 cm³/mol. The lowest BCUT2D eigenvalue weighted by molar-refractivity contribution is -0.0395. The van der Waals surface area contributed by atoms with Crippen molar-refractivity contribution in [3.8, 4) is 5.75 Å². The highest BCUT2D eigenvalue weighted by Crippen LogP contribution is 2.15. The summed E-state index contributed by atoms with van der Waals surface area (Å²) in [4.78, 5) is 0. The highest BCUT2D eigenvalue weighted by Gasteiger charge is 1.97. The van der Waals surface area contributed by atoms with Crippen LogP contribution in [0.15, 0.2) is 24.3 Å². The molecule has 1 aromatic rings. The molecule has 0 saturated carbocycles. The van der Waals surface area contributed by atoms with Crippen molar-refractivity contribution in [1.82, 2.24) is 0 Å². The lowest BCUT2D eigenvalue weighted by atomic mass is 10.2. The van der Waals surface area contributed by atoms with Crippen molar-refractivity contribution in [2.75, 3.05) is 13.9 Å². The summed E-state index contributed by atoms with van der Waals surface area (Å²) < 4.78 is 9.77. The first kappa shape index (κ1) is 9.03. The third-order valence-electron chi connectivity index (χ3n) is 1.45. The third kappa shape index (κ3) is 2.53. The number of para-hydroxylation sites is 1. The fraction of sp³-hybridized carbons (Fsp3) is 0.333. The molecule has 0 radical (unpaired) electrons. The summed E-state index contributed by atoms with van der Waals surface area (Å²) in [5, 5.41) is 9.29. The molecule has 12 heavy (non-hydrogen) atoms.